The van der Waals surface area contributed by atoms with Crippen LogP contribution in [0.25, 0.3) is 0 Å². The van der Waals surface area contributed by atoms with Gasteiger partial charge in [0.25, 0.3) is 0 Å². The van der Waals surface area contributed by atoms with Crippen molar-refractivity contribution in [3.8, 4) is 0 Å². The molecule has 0 aliphatic heterocycles. The van der Waals surface area contributed by atoms with Crippen molar-refractivity contribution in [1.29, 1.82) is 0 Å². The number of carbonyl (C=O) groups is 2. The van der Waals surface area contributed by atoms with Gasteiger partial charge in [0.05, 0.1) is 0 Å². The number of aryl methyl sites for hydroxylation is 2. The van der Waals surface area contributed by atoms with E-state index < -0.39 is 11.9 Å². The van der Waals surface area contributed by atoms with Crippen LogP contribution >= 0.6 is 0 Å². The van der Waals surface area contributed by atoms with Gasteiger partial charge in [0.2, 0.25) is 0 Å². The van der Waals surface area contributed by atoms with Crippen molar-refractivity contribution in [2.75, 3.05) is 0 Å². The van der Waals surface area contributed by atoms with Crippen molar-refractivity contribution < 1.29 is 19.8 Å². The summed E-state index contributed by atoms with van der Waals surface area (Å²) in [7, 11) is 0. The molecule has 0 radical (unpaired) electrons. The summed E-state index contributed by atoms with van der Waals surface area (Å²) in [6.45, 7) is 0. The van der Waals surface area contributed by atoms with Gasteiger partial charge >= 0.3 is 11.9 Å². The standard InChI is InChI=1S/C44H78O4/c45-43(46)38-31-27-23-19-15-11-7-3-1-5-9-13-17-21-25-29-34-41-36-33-37-42(40-41)35-30-26-22-18-14-10-6-2-4-8-12-16-20-24-28-32-39-44(47)48/h33,36-37,40H,1-32,34-35,38-39H2,(H,45,46)(H,47,48). The van der Waals surface area contributed by atoms with Gasteiger partial charge in [-0.25, -0.2) is 0 Å². The van der Waals surface area contributed by atoms with E-state index in [1.807, 2.05) is 0 Å². The van der Waals surface area contributed by atoms with Gasteiger partial charge in [-0.3, -0.25) is 9.59 Å². The van der Waals surface area contributed by atoms with E-state index in [0.717, 1.165) is 25.7 Å². The van der Waals surface area contributed by atoms with Crippen LogP contribution in [0.5, 0.6) is 0 Å². The zero-order valence-corrected chi connectivity index (χ0v) is 31.5. The second-order valence-electron chi connectivity index (χ2n) is 14.9. The average molecular weight is 671 g/mol. The zero-order chi connectivity index (χ0) is 34.6. The Kier molecular flexibility index (Phi) is 32.2. The lowest BCUT2D eigenvalue weighted by molar-refractivity contribution is -0.138. The molecule has 1 aromatic carbocycles. The lowest BCUT2D eigenvalue weighted by Crippen LogP contribution is -1.93. The number of hydrogen-bond donors (Lipinski definition) is 2. The molecule has 0 spiro atoms. The summed E-state index contributed by atoms with van der Waals surface area (Å²) in [5.74, 6) is -1.31. The Balaban J connectivity index is 1.82. The number of hydrogen-bond acceptors (Lipinski definition) is 2. The van der Waals surface area contributed by atoms with Crippen LogP contribution in [0.3, 0.4) is 0 Å². The third kappa shape index (κ3) is 32.7. The highest BCUT2D eigenvalue weighted by Crippen LogP contribution is 2.18. The van der Waals surface area contributed by atoms with Crippen molar-refractivity contribution in [3.05, 3.63) is 35.4 Å². The predicted octanol–water partition coefficient (Wildman–Crippen LogP) is 14.2. The van der Waals surface area contributed by atoms with E-state index in [-0.39, 0.29) is 0 Å². The van der Waals surface area contributed by atoms with Crippen LogP contribution < -0.4 is 0 Å². The van der Waals surface area contributed by atoms with Gasteiger partial charge < -0.3 is 10.2 Å². The molecular formula is C44H78O4. The molecule has 278 valence electrons. The van der Waals surface area contributed by atoms with E-state index in [4.69, 9.17) is 10.2 Å². The molecule has 0 aliphatic carbocycles. The molecule has 0 bridgehead atoms. The predicted molar refractivity (Wildman–Crippen MR) is 206 cm³/mol. The fourth-order valence-electron chi connectivity index (χ4n) is 7.10. The summed E-state index contributed by atoms with van der Waals surface area (Å²) in [4.78, 5) is 21.0. The van der Waals surface area contributed by atoms with E-state index in [1.165, 1.54) is 193 Å². The van der Waals surface area contributed by atoms with E-state index in [1.54, 1.807) is 11.1 Å². The van der Waals surface area contributed by atoms with Gasteiger partial charge in [-0.1, -0.05) is 204 Å². The van der Waals surface area contributed by atoms with Crippen LogP contribution in [0, 0.1) is 0 Å². The number of carboxylic acid groups (broad SMARTS) is 2. The Hall–Kier alpha value is -1.84. The van der Waals surface area contributed by atoms with E-state index in [9.17, 15) is 9.59 Å². The van der Waals surface area contributed by atoms with Crippen molar-refractivity contribution in [2.45, 2.75) is 231 Å². The van der Waals surface area contributed by atoms with Crippen LogP contribution in [0.1, 0.15) is 229 Å². The molecule has 0 aromatic heterocycles. The van der Waals surface area contributed by atoms with Gasteiger partial charge in [0.15, 0.2) is 0 Å². The monoisotopic (exact) mass is 671 g/mol. The first-order valence-electron chi connectivity index (χ1n) is 21.1. The summed E-state index contributed by atoms with van der Waals surface area (Å²) in [6, 6.07) is 9.42. The molecule has 0 aliphatic rings. The maximum atomic E-state index is 10.5. The highest BCUT2D eigenvalue weighted by Gasteiger charge is 2.01. The summed E-state index contributed by atoms with van der Waals surface area (Å²) < 4.78 is 0. The van der Waals surface area contributed by atoms with Crippen molar-refractivity contribution in [1.82, 2.24) is 0 Å². The first-order chi connectivity index (χ1) is 23.6. The molecule has 0 amide bonds. The lowest BCUT2D eigenvalue weighted by Gasteiger charge is -2.07. The highest BCUT2D eigenvalue weighted by atomic mass is 16.4. The van der Waals surface area contributed by atoms with E-state index in [2.05, 4.69) is 24.3 Å². The number of carboxylic acids is 2. The van der Waals surface area contributed by atoms with E-state index >= 15 is 0 Å². The number of unbranched alkanes of at least 4 members (excludes halogenated alkanes) is 30. The van der Waals surface area contributed by atoms with Gasteiger partial charge in [-0.05, 0) is 49.7 Å². The van der Waals surface area contributed by atoms with Crippen LogP contribution in [0.4, 0.5) is 0 Å². The van der Waals surface area contributed by atoms with Gasteiger partial charge in [0.1, 0.15) is 0 Å². The molecule has 0 heterocycles. The number of rotatable bonds is 38. The Morgan fingerprint density at radius 3 is 0.771 bits per heavy atom. The summed E-state index contributed by atoms with van der Waals surface area (Å²) in [6.07, 6.45) is 45.1. The van der Waals surface area contributed by atoms with Crippen LogP contribution in [-0.4, -0.2) is 22.2 Å². The molecule has 1 aromatic rings. The Labute approximate surface area is 297 Å². The second kappa shape index (κ2) is 35.0. The largest absolute Gasteiger partial charge is 0.481 e. The molecule has 0 fully saturated rings. The minimum Gasteiger partial charge on any atom is -0.481 e. The number of benzene rings is 1. The molecule has 2 N–H and O–H groups in total. The molecule has 0 saturated heterocycles. The third-order valence-corrected chi connectivity index (χ3v) is 10.2. The minimum atomic E-state index is -0.656. The summed E-state index contributed by atoms with van der Waals surface area (Å²) in [5, 5.41) is 17.3. The zero-order valence-electron chi connectivity index (χ0n) is 31.5. The molecule has 1 rings (SSSR count). The minimum absolute atomic E-state index is 0.336. The van der Waals surface area contributed by atoms with E-state index in [0.29, 0.717) is 12.8 Å². The van der Waals surface area contributed by atoms with Crippen LogP contribution in [0.15, 0.2) is 24.3 Å². The molecule has 0 unspecified atom stereocenters. The fourth-order valence-corrected chi connectivity index (χ4v) is 7.10. The van der Waals surface area contributed by atoms with Crippen molar-refractivity contribution in [2.24, 2.45) is 0 Å². The number of aliphatic carboxylic acids is 2. The normalized spacial score (nSPS) is 11.3. The third-order valence-electron chi connectivity index (χ3n) is 10.2. The lowest BCUT2D eigenvalue weighted by atomic mass is 9.99. The molecule has 48 heavy (non-hydrogen) atoms. The topological polar surface area (TPSA) is 74.6 Å². The smallest absolute Gasteiger partial charge is 0.303 e. The molecule has 0 saturated carbocycles. The van der Waals surface area contributed by atoms with Crippen LogP contribution in [-0.2, 0) is 22.4 Å². The van der Waals surface area contributed by atoms with Crippen molar-refractivity contribution in [3.63, 3.8) is 0 Å². The van der Waals surface area contributed by atoms with Gasteiger partial charge in [-0.15, -0.1) is 0 Å². The maximum absolute atomic E-state index is 10.5. The van der Waals surface area contributed by atoms with Crippen molar-refractivity contribution >= 4 is 11.9 Å². The first-order valence-corrected chi connectivity index (χ1v) is 21.1. The molecule has 4 heteroatoms. The van der Waals surface area contributed by atoms with Gasteiger partial charge in [-0.2, -0.15) is 0 Å². The Morgan fingerprint density at radius 2 is 0.542 bits per heavy atom. The first kappa shape index (κ1) is 44.2. The summed E-state index contributed by atoms with van der Waals surface area (Å²) in [5.41, 5.74) is 3.08. The fraction of sp³-hybridized carbons (Fsp3) is 0.818. The molecule has 4 nitrogen and oxygen atoms in total. The summed E-state index contributed by atoms with van der Waals surface area (Å²) >= 11 is 0. The quantitative estimate of drug-likeness (QED) is 0.0687. The second-order valence-corrected chi connectivity index (χ2v) is 14.9. The highest BCUT2D eigenvalue weighted by molar-refractivity contribution is 5.66. The Morgan fingerprint density at radius 1 is 0.333 bits per heavy atom. The van der Waals surface area contributed by atoms with Gasteiger partial charge in [0, 0.05) is 12.8 Å². The molecule has 0 atom stereocenters. The maximum Gasteiger partial charge on any atom is 0.303 e. The molecular weight excluding hydrogens is 592 g/mol. The Bertz CT molecular complexity index is 785. The average Bonchev–Trinajstić information content (AvgIpc) is 3.07. The van der Waals surface area contributed by atoms with Crippen LogP contribution in [0.2, 0.25) is 0 Å². The SMILES string of the molecule is O=C(O)CCCCCCCCCCCCCCCCCCc1cccc(CCCCCCCCCCCCCCCCCCC(=O)O)c1.